The fraction of sp³-hybridized carbons (Fsp3) is 0.440. The molecule has 6 heteroatoms. The number of hydrogen-bond acceptors (Lipinski definition) is 3. The Balaban J connectivity index is 1.27. The normalized spacial score (nSPS) is 18.8. The van der Waals surface area contributed by atoms with Gasteiger partial charge in [-0.1, -0.05) is 18.2 Å². The molecule has 2 aromatic carbocycles. The zero-order valence-corrected chi connectivity index (χ0v) is 17.8. The molecule has 0 spiro atoms. The summed E-state index contributed by atoms with van der Waals surface area (Å²) in [7, 11) is 0. The molecule has 164 valence electrons. The van der Waals surface area contributed by atoms with E-state index in [1.165, 1.54) is 6.07 Å². The van der Waals surface area contributed by atoms with Crippen LogP contribution in [0, 0.1) is 11.7 Å². The Morgan fingerprint density at radius 2 is 1.65 bits per heavy atom. The van der Waals surface area contributed by atoms with Crippen LogP contribution in [0.25, 0.3) is 0 Å². The smallest absolute Gasteiger partial charge is 0.253 e. The minimum absolute atomic E-state index is 0.0421. The highest BCUT2D eigenvalue weighted by molar-refractivity contribution is 5.94. The number of carbonyl (C=O) groups is 2. The quantitative estimate of drug-likeness (QED) is 0.706. The second-order valence-corrected chi connectivity index (χ2v) is 8.45. The number of likely N-dealkylation sites (tertiary alicyclic amines) is 2. The van der Waals surface area contributed by atoms with Crippen LogP contribution >= 0.6 is 0 Å². The summed E-state index contributed by atoms with van der Waals surface area (Å²) in [4.78, 5) is 28.8. The monoisotopic (exact) mass is 424 g/mol. The highest BCUT2D eigenvalue weighted by atomic mass is 19.1. The summed E-state index contributed by atoms with van der Waals surface area (Å²) in [5.74, 6) is 0.677. The van der Waals surface area contributed by atoms with Crippen LogP contribution in [0.15, 0.2) is 48.5 Å². The third-order valence-corrected chi connectivity index (χ3v) is 6.15. The van der Waals surface area contributed by atoms with Gasteiger partial charge in [0.2, 0.25) is 5.91 Å². The lowest BCUT2D eigenvalue weighted by Gasteiger charge is -2.32. The van der Waals surface area contributed by atoms with E-state index in [2.05, 4.69) is 0 Å². The van der Waals surface area contributed by atoms with Gasteiger partial charge in [-0.15, -0.1) is 0 Å². The molecule has 0 unspecified atom stereocenters. The Kier molecular flexibility index (Phi) is 6.85. The van der Waals surface area contributed by atoms with Crippen molar-refractivity contribution < 1.29 is 18.7 Å². The van der Waals surface area contributed by atoms with Crippen molar-refractivity contribution in [2.45, 2.75) is 32.1 Å². The van der Waals surface area contributed by atoms with E-state index in [9.17, 15) is 14.0 Å². The third-order valence-electron chi connectivity index (χ3n) is 6.15. The average molecular weight is 425 g/mol. The number of rotatable bonds is 6. The molecule has 2 amide bonds. The first-order valence-corrected chi connectivity index (χ1v) is 11.1. The summed E-state index contributed by atoms with van der Waals surface area (Å²) in [6.45, 7) is 3.52. The van der Waals surface area contributed by atoms with Gasteiger partial charge in [-0.2, -0.15) is 0 Å². The molecule has 2 aliphatic rings. The highest BCUT2D eigenvalue weighted by Gasteiger charge is 2.25. The molecule has 2 fully saturated rings. The van der Waals surface area contributed by atoms with Crippen molar-refractivity contribution in [3.05, 3.63) is 65.5 Å². The molecule has 2 aromatic rings. The van der Waals surface area contributed by atoms with Gasteiger partial charge < -0.3 is 14.5 Å². The second-order valence-electron chi connectivity index (χ2n) is 8.45. The Hall–Kier alpha value is -2.89. The zero-order chi connectivity index (χ0) is 21.6. The largest absolute Gasteiger partial charge is 0.493 e. The Labute approximate surface area is 182 Å². The number of nitrogens with zero attached hydrogens (tertiary/aromatic N) is 2. The molecule has 5 nitrogen and oxygen atoms in total. The van der Waals surface area contributed by atoms with Gasteiger partial charge in [0.15, 0.2) is 0 Å². The molecule has 2 heterocycles. The molecule has 0 saturated carbocycles. The average Bonchev–Trinajstić information content (AvgIpc) is 3.34. The zero-order valence-electron chi connectivity index (χ0n) is 17.8. The number of benzene rings is 2. The van der Waals surface area contributed by atoms with Crippen LogP contribution < -0.4 is 4.74 Å². The van der Waals surface area contributed by atoms with Gasteiger partial charge in [0.05, 0.1) is 13.0 Å². The van der Waals surface area contributed by atoms with Gasteiger partial charge in [-0.3, -0.25) is 9.59 Å². The lowest BCUT2D eigenvalue weighted by molar-refractivity contribution is -0.132. The second kappa shape index (κ2) is 9.94. The van der Waals surface area contributed by atoms with Crippen LogP contribution in [-0.4, -0.2) is 54.4 Å². The van der Waals surface area contributed by atoms with Gasteiger partial charge in [0.25, 0.3) is 5.91 Å². The Morgan fingerprint density at radius 1 is 0.935 bits per heavy atom. The molecular weight excluding hydrogens is 395 g/mol. The van der Waals surface area contributed by atoms with Crippen LogP contribution in [0.1, 0.15) is 41.6 Å². The maximum Gasteiger partial charge on any atom is 0.253 e. The SMILES string of the molecule is O=C(Cc1ccccc1F)N1CCC[C@@H](COc2ccc(C(=O)N3CCCC3)cc2)C1. The molecule has 0 aliphatic carbocycles. The van der Waals surface area contributed by atoms with Crippen molar-refractivity contribution in [1.29, 1.82) is 0 Å². The fourth-order valence-corrected chi connectivity index (χ4v) is 4.35. The van der Waals surface area contributed by atoms with Crippen LogP contribution in [0.4, 0.5) is 4.39 Å². The Morgan fingerprint density at radius 3 is 2.39 bits per heavy atom. The van der Waals surface area contributed by atoms with E-state index in [-0.39, 0.29) is 30.0 Å². The van der Waals surface area contributed by atoms with Crippen molar-refractivity contribution in [3.63, 3.8) is 0 Å². The van der Waals surface area contributed by atoms with Crippen LogP contribution in [0.3, 0.4) is 0 Å². The molecule has 31 heavy (non-hydrogen) atoms. The van der Waals surface area contributed by atoms with Crippen LogP contribution in [-0.2, 0) is 11.2 Å². The summed E-state index contributed by atoms with van der Waals surface area (Å²) >= 11 is 0. The molecule has 2 aliphatic heterocycles. The van der Waals surface area contributed by atoms with Crippen LogP contribution in [0.5, 0.6) is 5.75 Å². The molecule has 0 N–H and O–H groups in total. The van der Waals surface area contributed by atoms with Crippen molar-refractivity contribution in [1.82, 2.24) is 9.80 Å². The summed E-state index contributed by atoms with van der Waals surface area (Å²) in [6, 6.07) is 13.8. The minimum atomic E-state index is -0.334. The summed E-state index contributed by atoms with van der Waals surface area (Å²) in [5, 5.41) is 0. The van der Waals surface area contributed by atoms with Gasteiger partial charge in [0.1, 0.15) is 11.6 Å². The number of hydrogen-bond donors (Lipinski definition) is 0. The fourth-order valence-electron chi connectivity index (χ4n) is 4.35. The van der Waals surface area contributed by atoms with Crippen molar-refractivity contribution >= 4 is 11.8 Å². The number of ether oxygens (including phenoxy) is 1. The topological polar surface area (TPSA) is 49.9 Å². The molecule has 0 bridgehead atoms. The molecule has 4 rings (SSSR count). The molecule has 0 radical (unpaired) electrons. The molecule has 0 aromatic heterocycles. The van der Waals surface area contributed by atoms with E-state index in [4.69, 9.17) is 4.74 Å². The predicted octanol–water partition coefficient (Wildman–Crippen LogP) is 3.92. The third kappa shape index (κ3) is 5.43. The Bertz CT molecular complexity index is 909. The maximum absolute atomic E-state index is 13.9. The first-order chi connectivity index (χ1) is 15.1. The van der Waals surface area contributed by atoms with Crippen molar-refractivity contribution in [3.8, 4) is 5.75 Å². The van der Waals surface area contributed by atoms with Gasteiger partial charge in [0, 0.05) is 37.7 Å². The van der Waals surface area contributed by atoms with E-state index in [0.717, 1.165) is 44.5 Å². The van der Waals surface area contributed by atoms with Crippen LogP contribution in [0.2, 0.25) is 0 Å². The molecule has 2 saturated heterocycles. The van der Waals surface area contributed by atoms with Crippen molar-refractivity contribution in [2.75, 3.05) is 32.8 Å². The van der Waals surface area contributed by atoms with E-state index in [1.807, 2.05) is 34.1 Å². The number of carbonyl (C=O) groups excluding carboxylic acids is 2. The maximum atomic E-state index is 13.9. The predicted molar refractivity (Wildman–Crippen MR) is 116 cm³/mol. The number of amides is 2. The minimum Gasteiger partial charge on any atom is -0.493 e. The highest BCUT2D eigenvalue weighted by Crippen LogP contribution is 2.21. The summed E-state index contributed by atoms with van der Waals surface area (Å²) < 4.78 is 19.8. The van der Waals surface area contributed by atoms with Gasteiger partial charge in [-0.05, 0) is 61.6 Å². The van der Waals surface area contributed by atoms with Gasteiger partial charge in [-0.25, -0.2) is 4.39 Å². The van der Waals surface area contributed by atoms with E-state index in [1.54, 1.807) is 18.2 Å². The van der Waals surface area contributed by atoms with Gasteiger partial charge >= 0.3 is 0 Å². The van der Waals surface area contributed by atoms with Crippen molar-refractivity contribution in [2.24, 2.45) is 5.92 Å². The first kappa shape index (κ1) is 21.3. The number of piperidine rings is 1. The standard InChI is InChI=1S/C25H29FN2O3/c26-23-8-2-1-7-21(23)16-24(29)28-15-5-6-19(17-28)18-31-22-11-9-20(10-12-22)25(30)27-13-3-4-14-27/h1-2,7-12,19H,3-6,13-18H2/t19-/m1/s1. The number of halogens is 1. The summed E-state index contributed by atoms with van der Waals surface area (Å²) in [6.07, 6.45) is 4.16. The first-order valence-electron chi connectivity index (χ1n) is 11.1. The lowest BCUT2D eigenvalue weighted by atomic mass is 9.98. The van der Waals surface area contributed by atoms with E-state index >= 15 is 0 Å². The molecule has 1 atom stereocenters. The van der Waals surface area contributed by atoms with E-state index < -0.39 is 0 Å². The summed E-state index contributed by atoms with van der Waals surface area (Å²) in [5.41, 5.74) is 1.13. The lowest BCUT2D eigenvalue weighted by Crippen LogP contribution is -2.42. The molecular formula is C25H29FN2O3. The van der Waals surface area contributed by atoms with E-state index in [0.29, 0.717) is 30.8 Å².